The predicted octanol–water partition coefficient (Wildman–Crippen LogP) is 6.57. The van der Waals surface area contributed by atoms with Crippen molar-refractivity contribution in [3.8, 4) is 11.5 Å². The van der Waals surface area contributed by atoms with E-state index in [1.807, 2.05) is 55.5 Å². The number of carbonyl (C=O) groups is 1. The Bertz CT molecular complexity index is 1210. The Kier molecular flexibility index (Phi) is 5.42. The highest BCUT2D eigenvalue weighted by Crippen LogP contribution is 2.29. The third-order valence-electron chi connectivity index (χ3n) is 4.43. The highest BCUT2D eigenvalue weighted by molar-refractivity contribution is 14.1. The van der Waals surface area contributed by atoms with Gasteiger partial charge in [-0.1, -0.05) is 17.7 Å². The maximum absolute atomic E-state index is 12.7. The van der Waals surface area contributed by atoms with E-state index in [4.69, 9.17) is 4.42 Å². The van der Waals surface area contributed by atoms with Crippen LogP contribution in [0, 0.1) is 21.0 Å². The summed E-state index contributed by atoms with van der Waals surface area (Å²) in [6.07, 6.45) is 0. The molecule has 1 aromatic heterocycles. The Morgan fingerprint density at radius 3 is 2.61 bits per heavy atom. The monoisotopic (exact) mass is 594 g/mol. The van der Waals surface area contributed by atoms with E-state index in [0.717, 1.165) is 18.3 Å². The molecule has 0 bridgehead atoms. The molecule has 3 aromatic carbocycles. The van der Waals surface area contributed by atoms with Crippen LogP contribution in [0.4, 0.5) is 5.69 Å². The quantitative estimate of drug-likeness (QED) is 0.273. The molecule has 0 aliphatic heterocycles. The number of nitrogens with one attached hydrogen (secondary N) is 1. The van der Waals surface area contributed by atoms with E-state index < -0.39 is 0 Å². The van der Waals surface area contributed by atoms with Gasteiger partial charge in [0.15, 0.2) is 5.58 Å². The molecule has 0 aliphatic carbocycles. The summed E-state index contributed by atoms with van der Waals surface area (Å²) in [5.41, 5.74) is 6.04. The fourth-order valence-electron chi connectivity index (χ4n) is 3.04. The van der Waals surface area contributed by atoms with Crippen LogP contribution < -0.4 is 5.32 Å². The summed E-state index contributed by atoms with van der Waals surface area (Å²) in [7, 11) is 0. The first-order valence-electron chi connectivity index (χ1n) is 8.65. The lowest BCUT2D eigenvalue weighted by Gasteiger charge is -2.07. The van der Waals surface area contributed by atoms with Gasteiger partial charge < -0.3 is 9.73 Å². The SMILES string of the molecule is Cc1ccc(-c2nc3cc(NC(=O)c4cc(I)ccc4I)ccc3o2)c(C)c1. The summed E-state index contributed by atoms with van der Waals surface area (Å²) in [6.45, 7) is 4.11. The third kappa shape index (κ3) is 3.93. The zero-order valence-corrected chi connectivity index (χ0v) is 19.5. The third-order valence-corrected chi connectivity index (χ3v) is 6.04. The second kappa shape index (κ2) is 7.82. The second-order valence-electron chi connectivity index (χ2n) is 6.60. The van der Waals surface area contributed by atoms with Crippen LogP contribution >= 0.6 is 45.2 Å². The summed E-state index contributed by atoms with van der Waals surface area (Å²) in [4.78, 5) is 17.3. The highest BCUT2D eigenvalue weighted by atomic mass is 127. The van der Waals surface area contributed by atoms with Gasteiger partial charge in [0, 0.05) is 18.4 Å². The maximum Gasteiger partial charge on any atom is 0.256 e. The fraction of sp³-hybridized carbons (Fsp3) is 0.0909. The molecule has 28 heavy (non-hydrogen) atoms. The Labute approximate surface area is 190 Å². The Hall–Kier alpha value is -1.94. The van der Waals surface area contributed by atoms with Crippen LogP contribution in [-0.2, 0) is 0 Å². The van der Waals surface area contributed by atoms with Crippen LogP contribution in [0.25, 0.3) is 22.6 Å². The molecule has 4 rings (SSSR count). The minimum Gasteiger partial charge on any atom is -0.436 e. The van der Waals surface area contributed by atoms with Gasteiger partial charge in [0.2, 0.25) is 5.89 Å². The number of nitrogens with zero attached hydrogens (tertiary/aromatic N) is 1. The fourth-order valence-corrected chi connectivity index (χ4v) is 4.12. The number of carbonyl (C=O) groups excluding carboxylic acids is 1. The number of rotatable bonds is 3. The van der Waals surface area contributed by atoms with Crippen LogP contribution in [0.3, 0.4) is 0 Å². The van der Waals surface area contributed by atoms with E-state index in [-0.39, 0.29) is 5.91 Å². The average molecular weight is 594 g/mol. The van der Waals surface area contributed by atoms with E-state index in [9.17, 15) is 4.79 Å². The van der Waals surface area contributed by atoms with Crippen molar-refractivity contribution in [2.24, 2.45) is 0 Å². The molecule has 0 saturated carbocycles. The summed E-state index contributed by atoms with van der Waals surface area (Å²) in [5, 5.41) is 2.96. The lowest BCUT2D eigenvalue weighted by atomic mass is 10.1. The van der Waals surface area contributed by atoms with Gasteiger partial charge >= 0.3 is 0 Å². The minimum absolute atomic E-state index is 0.139. The molecule has 1 N–H and O–H groups in total. The predicted molar refractivity (Wildman–Crippen MR) is 129 cm³/mol. The molecular weight excluding hydrogens is 578 g/mol. The number of hydrogen-bond donors (Lipinski definition) is 1. The number of hydrogen-bond acceptors (Lipinski definition) is 3. The number of aryl methyl sites for hydroxylation is 2. The molecule has 0 radical (unpaired) electrons. The largest absolute Gasteiger partial charge is 0.436 e. The zero-order valence-electron chi connectivity index (χ0n) is 15.2. The van der Waals surface area contributed by atoms with Gasteiger partial charge in [0.1, 0.15) is 5.52 Å². The molecule has 0 saturated heterocycles. The van der Waals surface area contributed by atoms with Crippen molar-refractivity contribution in [2.45, 2.75) is 13.8 Å². The van der Waals surface area contributed by atoms with Gasteiger partial charge in [-0.05, 0) is 107 Å². The van der Waals surface area contributed by atoms with Crippen LogP contribution in [0.15, 0.2) is 59.0 Å². The van der Waals surface area contributed by atoms with Crippen molar-refractivity contribution in [3.63, 3.8) is 0 Å². The van der Waals surface area contributed by atoms with Crippen molar-refractivity contribution in [1.29, 1.82) is 0 Å². The summed E-state index contributed by atoms with van der Waals surface area (Å²) >= 11 is 4.38. The first-order valence-corrected chi connectivity index (χ1v) is 10.8. The molecule has 140 valence electrons. The highest BCUT2D eigenvalue weighted by Gasteiger charge is 2.14. The molecule has 0 aliphatic rings. The summed E-state index contributed by atoms with van der Waals surface area (Å²) in [5.74, 6) is 0.448. The van der Waals surface area contributed by atoms with Crippen molar-refractivity contribution in [1.82, 2.24) is 4.98 Å². The Balaban J connectivity index is 1.65. The van der Waals surface area contributed by atoms with Gasteiger partial charge in [-0.3, -0.25) is 4.79 Å². The number of aromatic nitrogens is 1. The van der Waals surface area contributed by atoms with Gasteiger partial charge in [0.05, 0.1) is 5.56 Å². The van der Waals surface area contributed by atoms with Crippen molar-refractivity contribution >= 4 is 67.9 Å². The minimum atomic E-state index is -0.139. The molecular formula is C22H16I2N2O2. The molecule has 4 aromatic rings. The molecule has 1 heterocycles. The van der Waals surface area contributed by atoms with Crippen LogP contribution in [0.2, 0.25) is 0 Å². The summed E-state index contributed by atoms with van der Waals surface area (Å²) < 4.78 is 7.86. The van der Waals surface area contributed by atoms with Crippen molar-refractivity contribution in [3.05, 3.63) is 78.4 Å². The molecule has 0 unspecified atom stereocenters. The van der Waals surface area contributed by atoms with Crippen molar-refractivity contribution < 1.29 is 9.21 Å². The number of benzene rings is 3. The number of oxazole rings is 1. The number of halogens is 2. The van der Waals surface area contributed by atoms with Crippen LogP contribution in [0.5, 0.6) is 0 Å². The first kappa shape index (κ1) is 19.4. The average Bonchev–Trinajstić information content (AvgIpc) is 3.06. The molecule has 6 heteroatoms. The van der Waals surface area contributed by atoms with E-state index >= 15 is 0 Å². The van der Waals surface area contributed by atoms with Crippen LogP contribution in [0.1, 0.15) is 21.5 Å². The van der Waals surface area contributed by atoms with E-state index in [2.05, 4.69) is 68.5 Å². The van der Waals surface area contributed by atoms with Gasteiger partial charge in [0.25, 0.3) is 5.91 Å². The molecule has 0 atom stereocenters. The van der Waals surface area contributed by atoms with Gasteiger partial charge in [-0.2, -0.15) is 0 Å². The molecule has 4 nitrogen and oxygen atoms in total. The number of amides is 1. The van der Waals surface area contributed by atoms with E-state index in [1.54, 1.807) is 0 Å². The Morgan fingerprint density at radius 2 is 1.82 bits per heavy atom. The second-order valence-corrected chi connectivity index (χ2v) is 9.01. The van der Waals surface area contributed by atoms with Crippen molar-refractivity contribution in [2.75, 3.05) is 5.32 Å². The van der Waals surface area contributed by atoms with E-state index in [0.29, 0.717) is 28.2 Å². The van der Waals surface area contributed by atoms with Gasteiger partial charge in [-0.25, -0.2) is 4.98 Å². The normalized spacial score (nSPS) is 11.0. The smallest absolute Gasteiger partial charge is 0.256 e. The molecule has 0 fully saturated rings. The summed E-state index contributed by atoms with van der Waals surface area (Å²) in [6, 6.07) is 17.5. The lowest BCUT2D eigenvalue weighted by Crippen LogP contribution is -2.13. The standard InChI is InChI=1S/C22H16I2N2O2/c1-12-3-6-16(13(2)9-12)22-26-19-11-15(5-8-20(19)28-22)25-21(27)17-10-14(23)4-7-18(17)24/h3-11H,1-2H3,(H,25,27). The zero-order chi connectivity index (χ0) is 19.8. The lowest BCUT2D eigenvalue weighted by molar-refractivity contribution is 0.102. The van der Waals surface area contributed by atoms with Crippen LogP contribution in [-0.4, -0.2) is 10.9 Å². The first-order chi connectivity index (χ1) is 13.4. The number of fused-ring (bicyclic) bond motifs is 1. The Morgan fingerprint density at radius 1 is 1.00 bits per heavy atom. The molecule has 0 spiro atoms. The molecule has 1 amide bonds. The topological polar surface area (TPSA) is 55.1 Å². The maximum atomic E-state index is 12.7. The number of anilines is 1. The van der Waals surface area contributed by atoms with Gasteiger partial charge in [-0.15, -0.1) is 0 Å². The van der Waals surface area contributed by atoms with E-state index in [1.165, 1.54) is 5.56 Å².